The highest BCUT2D eigenvalue weighted by molar-refractivity contribution is 6.01. The van der Waals surface area contributed by atoms with Gasteiger partial charge in [-0.25, -0.2) is 0 Å². The maximum absolute atomic E-state index is 12.6. The van der Waals surface area contributed by atoms with Gasteiger partial charge < -0.3 is 15.4 Å². The second-order valence-corrected chi connectivity index (χ2v) is 6.07. The first-order valence-corrected chi connectivity index (χ1v) is 8.38. The van der Waals surface area contributed by atoms with Crippen molar-refractivity contribution in [1.82, 2.24) is 10.3 Å². The number of nitrogens with one attached hydrogen (secondary N) is 2. The van der Waals surface area contributed by atoms with Gasteiger partial charge in [-0.1, -0.05) is 13.0 Å². The molecule has 2 heterocycles. The van der Waals surface area contributed by atoms with Crippen LogP contribution in [0.1, 0.15) is 36.2 Å². The van der Waals surface area contributed by atoms with E-state index in [0.717, 1.165) is 30.0 Å². The molecule has 0 fully saturated rings. The number of anilines is 1. The number of ketones is 1. The fraction of sp³-hybridized carbons (Fsp3) is 0.368. The Morgan fingerprint density at radius 1 is 1.46 bits per heavy atom. The summed E-state index contributed by atoms with van der Waals surface area (Å²) < 4.78 is 5.89. The summed E-state index contributed by atoms with van der Waals surface area (Å²) in [6.07, 6.45) is 4.69. The first-order valence-electron chi connectivity index (χ1n) is 8.38. The van der Waals surface area contributed by atoms with E-state index < -0.39 is 0 Å². The fourth-order valence-electron chi connectivity index (χ4n) is 2.71. The van der Waals surface area contributed by atoms with Gasteiger partial charge in [0.25, 0.3) is 0 Å². The van der Waals surface area contributed by atoms with E-state index in [1.807, 2.05) is 37.3 Å². The quantitative estimate of drug-likeness (QED) is 0.799. The van der Waals surface area contributed by atoms with Crippen LogP contribution < -0.4 is 15.4 Å². The van der Waals surface area contributed by atoms with E-state index in [2.05, 4.69) is 22.5 Å². The summed E-state index contributed by atoms with van der Waals surface area (Å²) in [7, 11) is 0. The minimum atomic E-state index is -0.267. The number of ether oxygens (including phenoxy) is 1. The van der Waals surface area contributed by atoms with E-state index in [4.69, 9.17) is 4.74 Å². The zero-order chi connectivity index (χ0) is 16.9. The normalized spacial score (nSPS) is 17.3. The fourth-order valence-corrected chi connectivity index (χ4v) is 2.71. The third-order valence-electron chi connectivity index (χ3n) is 4.26. The topological polar surface area (TPSA) is 63.2 Å². The van der Waals surface area contributed by atoms with Crippen molar-refractivity contribution in [3.8, 4) is 5.75 Å². The van der Waals surface area contributed by atoms with Gasteiger partial charge >= 0.3 is 0 Å². The standard InChI is InChI=1S/C19H23N3O2/c1-3-16-12-22-17-9-15(6-7-18(17)24-16)19(23)13(2)21-11-14-5-4-8-20-10-14/h4-10,13,16,21-22H,3,11-12H2,1-2H3. The summed E-state index contributed by atoms with van der Waals surface area (Å²) in [4.78, 5) is 16.7. The van der Waals surface area contributed by atoms with E-state index in [0.29, 0.717) is 12.1 Å². The van der Waals surface area contributed by atoms with Gasteiger partial charge in [-0.2, -0.15) is 0 Å². The molecule has 1 aliphatic heterocycles. The van der Waals surface area contributed by atoms with Crippen LogP contribution in [0, 0.1) is 0 Å². The molecule has 1 aromatic carbocycles. The molecular formula is C19H23N3O2. The van der Waals surface area contributed by atoms with Crippen molar-refractivity contribution in [3.63, 3.8) is 0 Å². The Bertz CT molecular complexity index is 703. The van der Waals surface area contributed by atoms with Gasteiger partial charge in [0.2, 0.25) is 0 Å². The molecule has 5 nitrogen and oxygen atoms in total. The van der Waals surface area contributed by atoms with Crippen molar-refractivity contribution in [2.45, 2.75) is 39.0 Å². The third-order valence-corrected chi connectivity index (χ3v) is 4.26. The molecule has 2 unspecified atom stereocenters. The number of rotatable bonds is 6. The average Bonchev–Trinajstić information content (AvgIpc) is 2.65. The van der Waals surface area contributed by atoms with Crippen molar-refractivity contribution in [2.75, 3.05) is 11.9 Å². The first kappa shape index (κ1) is 16.5. The molecule has 0 radical (unpaired) electrons. The number of hydrogen-bond donors (Lipinski definition) is 2. The van der Waals surface area contributed by atoms with Crippen LogP contribution in [0.25, 0.3) is 0 Å². The Morgan fingerprint density at radius 3 is 3.08 bits per heavy atom. The number of pyridine rings is 1. The number of carbonyl (C=O) groups excluding carboxylic acids is 1. The van der Waals surface area contributed by atoms with Gasteiger partial charge in [-0.15, -0.1) is 0 Å². The lowest BCUT2D eigenvalue weighted by molar-refractivity contribution is 0.0950. The average molecular weight is 325 g/mol. The molecule has 5 heteroatoms. The van der Waals surface area contributed by atoms with Crippen LogP contribution >= 0.6 is 0 Å². The van der Waals surface area contributed by atoms with Gasteiger partial charge in [-0.3, -0.25) is 9.78 Å². The lowest BCUT2D eigenvalue weighted by Crippen LogP contribution is -2.34. The molecule has 24 heavy (non-hydrogen) atoms. The largest absolute Gasteiger partial charge is 0.486 e. The molecule has 0 spiro atoms. The van der Waals surface area contributed by atoms with Crippen LogP contribution in [-0.4, -0.2) is 29.5 Å². The van der Waals surface area contributed by atoms with Crippen LogP contribution in [0.4, 0.5) is 5.69 Å². The molecule has 0 saturated heterocycles. The SMILES string of the molecule is CCC1CNc2cc(C(=O)C(C)NCc3cccnc3)ccc2O1. The summed E-state index contributed by atoms with van der Waals surface area (Å²) >= 11 is 0. The Kier molecular flexibility index (Phi) is 5.11. The van der Waals surface area contributed by atoms with Gasteiger partial charge in [-0.05, 0) is 43.2 Å². The van der Waals surface area contributed by atoms with E-state index in [1.165, 1.54) is 0 Å². The number of nitrogens with zero attached hydrogens (tertiary/aromatic N) is 1. The van der Waals surface area contributed by atoms with E-state index >= 15 is 0 Å². The molecule has 3 rings (SSSR count). The second-order valence-electron chi connectivity index (χ2n) is 6.07. The van der Waals surface area contributed by atoms with Gasteiger partial charge in [0, 0.05) is 24.5 Å². The Labute approximate surface area is 142 Å². The molecule has 0 aliphatic carbocycles. The van der Waals surface area contributed by atoms with Crippen LogP contribution in [0.2, 0.25) is 0 Å². The van der Waals surface area contributed by atoms with E-state index in [-0.39, 0.29) is 17.9 Å². The summed E-state index contributed by atoms with van der Waals surface area (Å²) in [5.74, 6) is 0.890. The molecule has 2 aromatic rings. The van der Waals surface area contributed by atoms with Crippen LogP contribution in [-0.2, 0) is 6.54 Å². The third kappa shape index (κ3) is 3.74. The summed E-state index contributed by atoms with van der Waals surface area (Å²) in [5, 5.41) is 6.60. The highest BCUT2D eigenvalue weighted by Gasteiger charge is 2.21. The zero-order valence-corrected chi connectivity index (χ0v) is 14.1. The highest BCUT2D eigenvalue weighted by atomic mass is 16.5. The predicted molar refractivity (Wildman–Crippen MR) is 94.5 cm³/mol. The van der Waals surface area contributed by atoms with Gasteiger partial charge in [0.05, 0.1) is 18.3 Å². The number of hydrogen-bond acceptors (Lipinski definition) is 5. The number of benzene rings is 1. The second kappa shape index (κ2) is 7.45. The lowest BCUT2D eigenvalue weighted by atomic mass is 10.0. The molecule has 126 valence electrons. The molecule has 0 bridgehead atoms. The molecule has 1 aromatic heterocycles. The Balaban J connectivity index is 1.64. The van der Waals surface area contributed by atoms with E-state index in [1.54, 1.807) is 12.4 Å². The van der Waals surface area contributed by atoms with Crippen LogP contribution in [0.5, 0.6) is 5.75 Å². The molecule has 0 saturated carbocycles. The first-order chi connectivity index (χ1) is 11.7. The number of aromatic nitrogens is 1. The number of fused-ring (bicyclic) bond motifs is 1. The minimum Gasteiger partial charge on any atom is -0.486 e. The molecule has 2 atom stereocenters. The van der Waals surface area contributed by atoms with Crippen molar-refractivity contribution < 1.29 is 9.53 Å². The highest BCUT2D eigenvalue weighted by Crippen LogP contribution is 2.31. The summed E-state index contributed by atoms with van der Waals surface area (Å²) in [6.45, 7) is 5.38. The number of Topliss-reactive ketones (excluding diaryl/α,β-unsaturated/α-hetero) is 1. The molecule has 1 aliphatic rings. The Hall–Kier alpha value is -2.40. The van der Waals surface area contributed by atoms with Crippen LogP contribution in [0.15, 0.2) is 42.7 Å². The van der Waals surface area contributed by atoms with Crippen molar-refractivity contribution >= 4 is 11.5 Å². The maximum atomic E-state index is 12.6. The molecule has 0 amide bonds. The summed E-state index contributed by atoms with van der Waals surface area (Å²) in [6, 6.07) is 9.21. The predicted octanol–water partition coefficient (Wildman–Crippen LogP) is 3.03. The molecule has 2 N–H and O–H groups in total. The van der Waals surface area contributed by atoms with Gasteiger partial charge in [0.1, 0.15) is 11.9 Å². The maximum Gasteiger partial charge on any atom is 0.179 e. The van der Waals surface area contributed by atoms with Crippen LogP contribution in [0.3, 0.4) is 0 Å². The minimum absolute atomic E-state index is 0.0705. The van der Waals surface area contributed by atoms with Crippen molar-refractivity contribution in [2.24, 2.45) is 0 Å². The molecular weight excluding hydrogens is 302 g/mol. The van der Waals surface area contributed by atoms with E-state index in [9.17, 15) is 4.79 Å². The smallest absolute Gasteiger partial charge is 0.179 e. The monoisotopic (exact) mass is 325 g/mol. The van der Waals surface area contributed by atoms with Crippen molar-refractivity contribution in [1.29, 1.82) is 0 Å². The van der Waals surface area contributed by atoms with Gasteiger partial charge in [0.15, 0.2) is 5.78 Å². The lowest BCUT2D eigenvalue weighted by Gasteiger charge is -2.27. The zero-order valence-electron chi connectivity index (χ0n) is 14.1. The van der Waals surface area contributed by atoms with Crippen molar-refractivity contribution in [3.05, 3.63) is 53.9 Å². The Morgan fingerprint density at radius 2 is 2.33 bits per heavy atom. The number of carbonyl (C=O) groups is 1. The summed E-state index contributed by atoms with van der Waals surface area (Å²) in [5.41, 5.74) is 2.64.